The second-order valence-corrected chi connectivity index (χ2v) is 7.90. The van der Waals surface area contributed by atoms with Crippen molar-refractivity contribution in [2.45, 2.75) is 13.8 Å². The molecule has 1 aliphatic heterocycles. The molecule has 32 heavy (non-hydrogen) atoms. The van der Waals surface area contributed by atoms with E-state index in [1.165, 1.54) is 5.56 Å². The number of amides is 1. The van der Waals surface area contributed by atoms with Gasteiger partial charge in [0.1, 0.15) is 5.52 Å². The van der Waals surface area contributed by atoms with Crippen molar-refractivity contribution in [3.05, 3.63) is 71.3 Å². The summed E-state index contributed by atoms with van der Waals surface area (Å²) in [5.74, 6) is 1.37. The SMILES string of the molecule is Cc1ccc(-c2nc3cc(NC(=S)NC(=O)c4ccc5c(c4)OCO5)ccc3o2)c(C)c1. The van der Waals surface area contributed by atoms with Crippen LogP contribution in [0.25, 0.3) is 22.6 Å². The Labute approximate surface area is 189 Å². The third-order valence-corrected chi connectivity index (χ3v) is 5.32. The van der Waals surface area contributed by atoms with Crippen molar-refractivity contribution >= 4 is 40.0 Å². The number of aryl methyl sites for hydroxylation is 2. The van der Waals surface area contributed by atoms with Crippen LogP contribution in [0.4, 0.5) is 5.69 Å². The molecule has 0 saturated heterocycles. The molecule has 2 N–H and O–H groups in total. The Morgan fingerprint density at radius 3 is 2.69 bits per heavy atom. The zero-order chi connectivity index (χ0) is 22.2. The van der Waals surface area contributed by atoms with E-state index in [1.807, 2.05) is 37.3 Å². The molecule has 0 bridgehead atoms. The van der Waals surface area contributed by atoms with E-state index in [9.17, 15) is 4.79 Å². The molecule has 0 atom stereocenters. The van der Waals surface area contributed by atoms with Gasteiger partial charge in [0.25, 0.3) is 5.91 Å². The first-order chi connectivity index (χ1) is 15.5. The molecule has 7 nitrogen and oxygen atoms in total. The number of rotatable bonds is 3. The van der Waals surface area contributed by atoms with Gasteiger partial charge in [-0.25, -0.2) is 4.98 Å². The van der Waals surface area contributed by atoms with Gasteiger partial charge in [-0.1, -0.05) is 17.7 Å². The number of nitrogens with zero attached hydrogens (tertiary/aromatic N) is 1. The molecule has 0 radical (unpaired) electrons. The van der Waals surface area contributed by atoms with Crippen LogP contribution in [0, 0.1) is 13.8 Å². The number of ether oxygens (including phenoxy) is 2. The Balaban J connectivity index is 1.30. The summed E-state index contributed by atoms with van der Waals surface area (Å²) in [4.78, 5) is 17.1. The topological polar surface area (TPSA) is 85.6 Å². The predicted molar refractivity (Wildman–Crippen MR) is 125 cm³/mol. The summed E-state index contributed by atoms with van der Waals surface area (Å²) in [6, 6.07) is 16.6. The molecular weight excluding hydrogens is 426 g/mol. The van der Waals surface area contributed by atoms with Crippen molar-refractivity contribution < 1.29 is 18.7 Å². The molecule has 5 rings (SSSR count). The molecule has 1 amide bonds. The number of carbonyl (C=O) groups excluding carboxylic acids is 1. The van der Waals surface area contributed by atoms with Crippen LogP contribution in [-0.4, -0.2) is 22.8 Å². The molecule has 1 aliphatic rings. The lowest BCUT2D eigenvalue weighted by Crippen LogP contribution is -2.34. The van der Waals surface area contributed by atoms with Gasteiger partial charge in [0, 0.05) is 16.8 Å². The molecule has 0 unspecified atom stereocenters. The fraction of sp³-hybridized carbons (Fsp3) is 0.125. The number of fused-ring (bicyclic) bond motifs is 2. The largest absolute Gasteiger partial charge is 0.454 e. The van der Waals surface area contributed by atoms with E-state index < -0.39 is 0 Å². The van der Waals surface area contributed by atoms with Crippen LogP contribution in [0.5, 0.6) is 11.5 Å². The summed E-state index contributed by atoms with van der Waals surface area (Å²) in [6.45, 7) is 4.23. The van der Waals surface area contributed by atoms with E-state index in [0.29, 0.717) is 39.7 Å². The Bertz CT molecular complexity index is 1380. The summed E-state index contributed by atoms with van der Waals surface area (Å²) < 4.78 is 16.5. The molecule has 160 valence electrons. The third-order valence-electron chi connectivity index (χ3n) is 5.12. The van der Waals surface area contributed by atoms with Gasteiger partial charge < -0.3 is 19.2 Å². The first kappa shape index (κ1) is 20.0. The zero-order valence-electron chi connectivity index (χ0n) is 17.4. The molecule has 0 saturated carbocycles. The van der Waals surface area contributed by atoms with Gasteiger partial charge in [-0.05, 0) is 74.1 Å². The van der Waals surface area contributed by atoms with E-state index in [2.05, 4.69) is 28.6 Å². The molecule has 0 fully saturated rings. The highest BCUT2D eigenvalue weighted by atomic mass is 32.1. The van der Waals surface area contributed by atoms with E-state index in [1.54, 1.807) is 18.2 Å². The number of carbonyl (C=O) groups is 1. The van der Waals surface area contributed by atoms with Gasteiger partial charge in [0.2, 0.25) is 12.7 Å². The van der Waals surface area contributed by atoms with Crippen molar-refractivity contribution in [1.82, 2.24) is 10.3 Å². The highest BCUT2D eigenvalue weighted by Crippen LogP contribution is 2.32. The average Bonchev–Trinajstić information content (AvgIpc) is 3.39. The Kier molecular flexibility index (Phi) is 4.99. The highest BCUT2D eigenvalue weighted by molar-refractivity contribution is 7.80. The normalized spacial score (nSPS) is 12.1. The van der Waals surface area contributed by atoms with Crippen LogP contribution in [0.2, 0.25) is 0 Å². The van der Waals surface area contributed by atoms with Crippen LogP contribution in [-0.2, 0) is 0 Å². The Hall–Kier alpha value is -3.91. The second-order valence-electron chi connectivity index (χ2n) is 7.50. The van der Waals surface area contributed by atoms with Gasteiger partial charge in [0.05, 0.1) is 0 Å². The maximum Gasteiger partial charge on any atom is 0.257 e. The molecule has 1 aromatic heterocycles. The minimum Gasteiger partial charge on any atom is -0.454 e. The van der Waals surface area contributed by atoms with Gasteiger partial charge in [-0.2, -0.15) is 0 Å². The minimum absolute atomic E-state index is 0.149. The minimum atomic E-state index is -0.347. The molecule has 0 aliphatic carbocycles. The van der Waals surface area contributed by atoms with Gasteiger partial charge in [-0.15, -0.1) is 0 Å². The number of oxazole rings is 1. The summed E-state index contributed by atoms with van der Waals surface area (Å²) in [7, 11) is 0. The van der Waals surface area contributed by atoms with Crippen LogP contribution < -0.4 is 20.1 Å². The number of aromatic nitrogens is 1. The van der Waals surface area contributed by atoms with Crippen molar-refractivity contribution in [2.75, 3.05) is 12.1 Å². The fourth-order valence-corrected chi connectivity index (χ4v) is 3.76. The summed E-state index contributed by atoms with van der Waals surface area (Å²) in [5.41, 5.74) is 5.70. The predicted octanol–water partition coefficient (Wildman–Crippen LogP) is 4.97. The van der Waals surface area contributed by atoms with Crippen LogP contribution in [0.15, 0.2) is 59.0 Å². The van der Waals surface area contributed by atoms with Gasteiger partial charge in [0.15, 0.2) is 22.2 Å². The number of anilines is 1. The van der Waals surface area contributed by atoms with E-state index in [0.717, 1.165) is 11.1 Å². The van der Waals surface area contributed by atoms with Crippen LogP contribution in [0.1, 0.15) is 21.5 Å². The lowest BCUT2D eigenvalue weighted by Gasteiger charge is -2.09. The lowest BCUT2D eigenvalue weighted by molar-refractivity contribution is 0.0977. The number of benzene rings is 3. The molecule has 2 heterocycles. The summed E-state index contributed by atoms with van der Waals surface area (Å²) in [5, 5.41) is 5.86. The zero-order valence-corrected chi connectivity index (χ0v) is 18.2. The van der Waals surface area contributed by atoms with Crippen molar-refractivity contribution in [3.8, 4) is 23.0 Å². The quantitative estimate of drug-likeness (QED) is 0.431. The molecule has 0 spiro atoms. The second kappa shape index (κ2) is 7.97. The first-order valence-corrected chi connectivity index (χ1v) is 10.4. The number of hydrogen-bond acceptors (Lipinski definition) is 6. The van der Waals surface area contributed by atoms with Gasteiger partial charge in [-0.3, -0.25) is 10.1 Å². The first-order valence-electron chi connectivity index (χ1n) is 9.96. The maximum atomic E-state index is 12.5. The molecule has 8 heteroatoms. The average molecular weight is 446 g/mol. The van der Waals surface area contributed by atoms with E-state index in [-0.39, 0.29) is 17.8 Å². The molecule has 4 aromatic rings. The number of hydrogen-bond donors (Lipinski definition) is 2. The maximum absolute atomic E-state index is 12.5. The van der Waals surface area contributed by atoms with Crippen molar-refractivity contribution in [3.63, 3.8) is 0 Å². The van der Waals surface area contributed by atoms with Crippen LogP contribution in [0.3, 0.4) is 0 Å². The monoisotopic (exact) mass is 445 g/mol. The number of thiocarbonyl (C=S) groups is 1. The Morgan fingerprint density at radius 2 is 1.84 bits per heavy atom. The van der Waals surface area contributed by atoms with E-state index in [4.69, 9.17) is 26.1 Å². The highest BCUT2D eigenvalue weighted by Gasteiger charge is 2.17. The standard InChI is InChI=1S/C24H19N3O4S/c1-13-3-6-17(14(2)9-13)23-26-18-11-16(5-8-19(18)31-23)25-24(32)27-22(28)15-4-7-20-21(10-15)30-12-29-20/h3-11H,12H2,1-2H3,(H2,25,27,28,32). The van der Waals surface area contributed by atoms with Gasteiger partial charge >= 0.3 is 0 Å². The summed E-state index contributed by atoms with van der Waals surface area (Å²) in [6.07, 6.45) is 0. The Morgan fingerprint density at radius 1 is 1.00 bits per heavy atom. The third kappa shape index (κ3) is 3.88. The fourth-order valence-electron chi connectivity index (χ4n) is 3.55. The molecule has 3 aromatic carbocycles. The van der Waals surface area contributed by atoms with E-state index >= 15 is 0 Å². The van der Waals surface area contributed by atoms with Crippen molar-refractivity contribution in [1.29, 1.82) is 0 Å². The van der Waals surface area contributed by atoms with Crippen molar-refractivity contribution in [2.24, 2.45) is 0 Å². The number of nitrogens with one attached hydrogen (secondary N) is 2. The molecular formula is C24H19N3O4S. The summed E-state index contributed by atoms with van der Waals surface area (Å²) >= 11 is 5.30. The van der Waals surface area contributed by atoms with Crippen LogP contribution >= 0.6 is 12.2 Å². The lowest BCUT2D eigenvalue weighted by atomic mass is 10.1. The smallest absolute Gasteiger partial charge is 0.257 e.